The maximum absolute atomic E-state index is 12.5. The maximum atomic E-state index is 12.5. The number of carboxylic acids is 1. The highest BCUT2D eigenvalue weighted by Crippen LogP contribution is 2.23. The molecule has 1 saturated heterocycles. The number of nitrogens with one attached hydrogen (secondary N) is 1. The topological polar surface area (TPSA) is 69.6 Å². The number of amides is 2. The summed E-state index contributed by atoms with van der Waals surface area (Å²) in [5, 5.41) is 12.9. The average molecular weight is 339 g/mol. The fourth-order valence-corrected chi connectivity index (χ4v) is 3.18. The molecule has 0 saturated carbocycles. The standard InChI is InChI=1S/C17H23ClN2O3/c1-3-15(12-4-6-14(18)7-5-12)19-17(23)20-9-11(2)8-13(10-20)16(21)22/h4-7,11,13,15H,3,8-10H2,1-2H3,(H,19,23)(H,21,22). The van der Waals surface area contributed by atoms with Crippen molar-refractivity contribution >= 4 is 23.6 Å². The molecule has 2 N–H and O–H groups in total. The molecule has 0 radical (unpaired) electrons. The second-order valence-electron chi connectivity index (χ2n) is 6.24. The van der Waals surface area contributed by atoms with Gasteiger partial charge in [0, 0.05) is 18.1 Å². The van der Waals surface area contributed by atoms with Gasteiger partial charge in [0.05, 0.1) is 12.0 Å². The summed E-state index contributed by atoms with van der Waals surface area (Å²) in [5.41, 5.74) is 0.991. The van der Waals surface area contributed by atoms with E-state index in [0.717, 1.165) is 12.0 Å². The smallest absolute Gasteiger partial charge is 0.317 e. The molecule has 23 heavy (non-hydrogen) atoms. The maximum Gasteiger partial charge on any atom is 0.317 e. The van der Waals surface area contributed by atoms with Crippen molar-refractivity contribution in [1.29, 1.82) is 0 Å². The minimum atomic E-state index is -0.834. The lowest BCUT2D eigenvalue weighted by Gasteiger charge is -2.35. The van der Waals surface area contributed by atoms with E-state index in [9.17, 15) is 14.7 Å². The van der Waals surface area contributed by atoms with E-state index in [1.54, 1.807) is 17.0 Å². The monoisotopic (exact) mass is 338 g/mol. The number of nitrogens with zero attached hydrogens (tertiary/aromatic N) is 1. The zero-order chi connectivity index (χ0) is 17.0. The number of likely N-dealkylation sites (tertiary alicyclic amines) is 1. The second kappa shape index (κ2) is 7.68. The average Bonchev–Trinajstić information content (AvgIpc) is 2.52. The predicted octanol–water partition coefficient (Wildman–Crippen LogP) is 3.54. The summed E-state index contributed by atoms with van der Waals surface area (Å²) in [6.45, 7) is 4.83. The van der Waals surface area contributed by atoms with E-state index < -0.39 is 11.9 Å². The normalized spacial score (nSPS) is 22.5. The molecule has 3 unspecified atom stereocenters. The Morgan fingerprint density at radius 2 is 2.00 bits per heavy atom. The summed E-state index contributed by atoms with van der Waals surface area (Å²) >= 11 is 5.90. The van der Waals surface area contributed by atoms with Crippen molar-refractivity contribution in [2.24, 2.45) is 11.8 Å². The molecule has 0 bridgehead atoms. The molecule has 1 aliphatic heterocycles. The first kappa shape index (κ1) is 17.6. The third-order valence-electron chi connectivity index (χ3n) is 4.27. The van der Waals surface area contributed by atoms with Gasteiger partial charge in [-0.3, -0.25) is 4.79 Å². The molecule has 126 valence electrons. The van der Waals surface area contributed by atoms with Gasteiger partial charge in [0.2, 0.25) is 0 Å². The fourth-order valence-electron chi connectivity index (χ4n) is 3.05. The van der Waals surface area contributed by atoms with Gasteiger partial charge in [0.25, 0.3) is 0 Å². The summed E-state index contributed by atoms with van der Waals surface area (Å²) in [6, 6.07) is 7.08. The van der Waals surface area contributed by atoms with Gasteiger partial charge in [-0.2, -0.15) is 0 Å². The second-order valence-corrected chi connectivity index (χ2v) is 6.68. The molecule has 1 aliphatic rings. The summed E-state index contributed by atoms with van der Waals surface area (Å²) in [5.74, 6) is -1.13. The van der Waals surface area contributed by atoms with Gasteiger partial charge in [0.15, 0.2) is 0 Å². The highest BCUT2D eigenvalue weighted by molar-refractivity contribution is 6.30. The van der Waals surface area contributed by atoms with E-state index in [-0.39, 0.29) is 24.5 Å². The van der Waals surface area contributed by atoms with E-state index in [0.29, 0.717) is 18.0 Å². The van der Waals surface area contributed by atoms with Crippen LogP contribution in [0.15, 0.2) is 24.3 Å². The molecule has 0 aromatic heterocycles. The minimum absolute atomic E-state index is 0.111. The molecule has 6 heteroatoms. The van der Waals surface area contributed by atoms with Gasteiger partial charge in [0.1, 0.15) is 0 Å². The zero-order valence-electron chi connectivity index (χ0n) is 13.5. The molecular weight excluding hydrogens is 316 g/mol. The lowest BCUT2D eigenvalue weighted by atomic mass is 9.91. The number of halogens is 1. The Kier molecular flexibility index (Phi) is 5.88. The van der Waals surface area contributed by atoms with Crippen LogP contribution in [-0.4, -0.2) is 35.1 Å². The van der Waals surface area contributed by atoms with Crippen molar-refractivity contribution in [2.75, 3.05) is 13.1 Å². The quantitative estimate of drug-likeness (QED) is 0.882. The van der Waals surface area contributed by atoms with Crippen LogP contribution in [0.5, 0.6) is 0 Å². The number of rotatable bonds is 4. The van der Waals surface area contributed by atoms with Crippen molar-refractivity contribution in [1.82, 2.24) is 10.2 Å². The van der Waals surface area contributed by atoms with Crippen molar-refractivity contribution in [3.05, 3.63) is 34.9 Å². The lowest BCUT2D eigenvalue weighted by molar-refractivity contribution is -0.143. The Morgan fingerprint density at radius 3 is 2.57 bits per heavy atom. The molecule has 3 atom stereocenters. The summed E-state index contributed by atoms with van der Waals surface area (Å²) in [6.07, 6.45) is 1.37. The number of urea groups is 1. The van der Waals surface area contributed by atoms with Crippen molar-refractivity contribution in [3.8, 4) is 0 Å². The van der Waals surface area contributed by atoms with Gasteiger partial charge in [-0.05, 0) is 36.5 Å². The Morgan fingerprint density at radius 1 is 1.35 bits per heavy atom. The Labute approximate surface area is 141 Å². The molecule has 5 nitrogen and oxygen atoms in total. The van der Waals surface area contributed by atoms with Crippen LogP contribution < -0.4 is 5.32 Å². The van der Waals surface area contributed by atoms with Gasteiger partial charge in [-0.15, -0.1) is 0 Å². The Hall–Kier alpha value is -1.75. The molecular formula is C17H23ClN2O3. The number of aliphatic carboxylic acids is 1. The minimum Gasteiger partial charge on any atom is -0.481 e. The number of carbonyl (C=O) groups excluding carboxylic acids is 1. The first-order valence-corrected chi connectivity index (χ1v) is 8.32. The predicted molar refractivity (Wildman–Crippen MR) is 89.5 cm³/mol. The molecule has 2 rings (SSSR count). The van der Waals surface area contributed by atoms with E-state index >= 15 is 0 Å². The van der Waals surface area contributed by atoms with E-state index in [4.69, 9.17) is 11.6 Å². The lowest BCUT2D eigenvalue weighted by Crippen LogP contribution is -2.50. The molecule has 2 amide bonds. The van der Waals surface area contributed by atoms with E-state index in [1.807, 2.05) is 26.0 Å². The largest absolute Gasteiger partial charge is 0.481 e. The van der Waals surface area contributed by atoms with Gasteiger partial charge in [-0.25, -0.2) is 4.79 Å². The van der Waals surface area contributed by atoms with Crippen molar-refractivity contribution < 1.29 is 14.7 Å². The number of hydrogen-bond acceptors (Lipinski definition) is 2. The highest BCUT2D eigenvalue weighted by atomic mass is 35.5. The number of hydrogen-bond donors (Lipinski definition) is 2. The van der Waals surface area contributed by atoms with Crippen LogP contribution in [-0.2, 0) is 4.79 Å². The van der Waals surface area contributed by atoms with Crippen LogP contribution in [0.2, 0.25) is 5.02 Å². The molecule has 1 aromatic carbocycles. The van der Waals surface area contributed by atoms with Crippen LogP contribution in [0.25, 0.3) is 0 Å². The van der Waals surface area contributed by atoms with Crippen LogP contribution in [0.1, 0.15) is 38.3 Å². The first-order valence-electron chi connectivity index (χ1n) is 7.94. The van der Waals surface area contributed by atoms with Crippen LogP contribution in [0.3, 0.4) is 0 Å². The molecule has 1 aromatic rings. The number of carboxylic acid groups (broad SMARTS) is 1. The van der Waals surface area contributed by atoms with Crippen LogP contribution >= 0.6 is 11.6 Å². The van der Waals surface area contributed by atoms with Crippen molar-refractivity contribution in [3.63, 3.8) is 0 Å². The molecule has 0 aliphatic carbocycles. The fraction of sp³-hybridized carbons (Fsp3) is 0.529. The summed E-state index contributed by atoms with van der Waals surface area (Å²) < 4.78 is 0. The molecule has 1 heterocycles. The van der Waals surface area contributed by atoms with E-state index in [1.165, 1.54) is 0 Å². The number of piperidine rings is 1. The Balaban J connectivity index is 2.04. The highest BCUT2D eigenvalue weighted by Gasteiger charge is 2.32. The summed E-state index contributed by atoms with van der Waals surface area (Å²) in [7, 11) is 0. The van der Waals surface area contributed by atoms with Gasteiger partial charge in [-0.1, -0.05) is 37.6 Å². The summed E-state index contributed by atoms with van der Waals surface area (Å²) in [4.78, 5) is 25.4. The van der Waals surface area contributed by atoms with Gasteiger partial charge < -0.3 is 15.3 Å². The van der Waals surface area contributed by atoms with Crippen LogP contribution in [0, 0.1) is 11.8 Å². The van der Waals surface area contributed by atoms with Crippen molar-refractivity contribution in [2.45, 2.75) is 32.7 Å². The Bertz CT molecular complexity index is 561. The van der Waals surface area contributed by atoms with Crippen LogP contribution in [0.4, 0.5) is 4.79 Å². The van der Waals surface area contributed by atoms with Gasteiger partial charge >= 0.3 is 12.0 Å². The van der Waals surface area contributed by atoms with E-state index in [2.05, 4.69) is 5.32 Å². The molecule has 0 spiro atoms. The number of benzene rings is 1. The zero-order valence-corrected chi connectivity index (χ0v) is 14.2. The SMILES string of the molecule is CCC(NC(=O)N1CC(C)CC(C(=O)O)C1)c1ccc(Cl)cc1. The first-order chi connectivity index (χ1) is 10.9. The number of carbonyl (C=O) groups is 2. The third kappa shape index (κ3) is 4.61. The third-order valence-corrected chi connectivity index (χ3v) is 4.53. The molecule has 1 fully saturated rings.